The van der Waals surface area contributed by atoms with Crippen molar-refractivity contribution < 1.29 is 9.47 Å². The summed E-state index contributed by atoms with van der Waals surface area (Å²) in [7, 11) is 3.81. The smallest absolute Gasteiger partial charge is 0.191 e. The first-order valence-corrected chi connectivity index (χ1v) is 8.98. The van der Waals surface area contributed by atoms with Crippen LogP contribution in [0.4, 0.5) is 0 Å². The number of hydrogen-bond donors (Lipinski definition) is 2. The highest BCUT2D eigenvalue weighted by molar-refractivity contribution is 14.0. The fraction of sp³-hybridized carbons (Fsp3) is 0.632. The van der Waals surface area contributed by atoms with E-state index in [0.717, 1.165) is 50.1 Å². The fourth-order valence-electron chi connectivity index (χ4n) is 2.23. The number of nitrogens with one attached hydrogen (secondary N) is 2. The number of aliphatic imine (C=N–C) groups is 1. The second-order valence-corrected chi connectivity index (χ2v) is 6.14. The van der Waals surface area contributed by atoms with E-state index in [1.165, 1.54) is 0 Å². The van der Waals surface area contributed by atoms with Gasteiger partial charge in [-0.25, -0.2) is 4.99 Å². The van der Waals surface area contributed by atoms with E-state index in [4.69, 9.17) is 9.47 Å². The molecule has 1 unspecified atom stereocenters. The third-order valence-corrected chi connectivity index (χ3v) is 3.74. The Morgan fingerprint density at radius 3 is 2.62 bits per heavy atom. The van der Waals surface area contributed by atoms with E-state index < -0.39 is 0 Å². The highest BCUT2D eigenvalue weighted by atomic mass is 127. The molecule has 2 N–H and O–H groups in total. The summed E-state index contributed by atoms with van der Waals surface area (Å²) in [4.78, 5) is 6.85. The first kappa shape index (κ1) is 24.9. The van der Waals surface area contributed by atoms with E-state index >= 15 is 0 Å². The summed E-state index contributed by atoms with van der Waals surface area (Å²) >= 11 is 0. The van der Waals surface area contributed by atoms with Crippen molar-refractivity contribution in [3.63, 3.8) is 0 Å². The van der Waals surface area contributed by atoms with Gasteiger partial charge in [0.2, 0.25) is 0 Å². The van der Waals surface area contributed by atoms with Crippen LogP contribution in [0.15, 0.2) is 29.3 Å². The average Bonchev–Trinajstić information content (AvgIpc) is 2.60. The quantitative estimate of drug-likeness (QED) is 0.291. The number of rotatable bonds is 11. The summed E-state index contributed by atoms with van der Waals surface area (Å²) in [6.07, 6.45) is 0.0148. The second kappa shape index (κ2) is 15.0. The molecule has 0 radical (unpaired) electrons. The van der Waals surface area contributed by atoms with Crippen LogP contribution in [0.2, 0.25) is 0 Å². The number of para-hydroxylation sites is 1. The molecule has 7 heteroatoms. The normalized spacial score (nSPS) is 12.5. The molecule has 0 aliphatic heterocycles. The number of benzene rings is 1. The number of likely N-dealkylation sites (N-methyl/N-ethyl adjacent to an activating group) is 1. The zero-order chi connectivity index (χ0) is 18.5. The summed E-state index contributed by atoms with van der Waals surface area (Å²) in [5, 5.41) is 6.63. The van der Waals surface area contributed by atoms with Crippen LogP contribution in [0, 0.1) is 6.92 Å². The maximum absolute atomic E-state index is 5.98. The molecule has 1 atom stereocenters. The Morgan fingerprint density at radius 1 is 1.23 bits per heavy atom. The molecular weight excluding hydrogens is 443 g/mol. The van der Waals surface area contributed by atoms with E-state index in [0.29, 0.717) is 6.54 Å². The molecule has 150 valence electrons. The predicted octanol–water partition coefficient (Wildman–Crippen LogP) is 2.51. The van der Waals surface area contributed by atoms with Crippen molar-refractivity contribution in [2.75, 3.05) is 53.5 Å². The summed E-state index contributed by atoms with van der Waals surface area (Å²) in [6.45, 7) is 11.0. The highest BCUT2D eigenvalue weighted by Gasteiger charge is 2.06. The number of nitrogens with zero attached hydrogens (tertiary/aromatic N) is 2. The van der Waals surface area contributed by atoms with Crippen LogP contribution in [0.3, 0.4) is 0 Å². The molecule has 0 aromatic heterocycles. The molecule has 0 aliphatic rings. The lowest BCUT2D eigenvalue weighted by Crippen LogP contribution is -2.41. The molecule has 0 heterocycles. The van der Waals surface area contributed by atoms with Gasteiger partial charge in [0.1, 0.15) is 11.9 Å². The summed E-state index contributed by atoms with van der Waals surface area (Å²) in [5.41, 5.74) is 1.14. The van der Waals surface area contributed by atoms with E-state index in [9.17, 15) is 0 Å². The van der Waals surface area contributed by atoms with Crippen molar-refractivity contribution in [3.05, 3.63) is 29.8 Å². The molecule has 6 nitrogen and oxygen atoms in total. The maximum Gasteiger partial charge on any atom is 0.191 e. The third-order valence-electron chi connectivity index (χ3n) is 3.74. The average molecular weight is 478 g/mol. The summed E-state index contributed by atoms with van der Waals surface area (Å²) in [6, 6.07) is 8.05. The van der Waals surface area contributed by atoms with Crippen molar-refractivity contribution >= 4 is 29.9 Å². The van der Waals surface area contributed by atoms with Gasteiger partial charge in [0.05, 0.1) is 13.2 Å². The largest absolute Gasteiger partial charge is 0.489 e. The van der Waals surface area contributed by atoms with E-state index in [-0.39, 0.29) is 30.1 Å². The van der Waals surface area contributed by atoms with Crippen molar-refractivity contribution in [3.8, 4) is 5.75 Å². The van der Waals surface area contributed by atoms with Gasteiger partial charge in [-0.3, -0.25) is 0 Å². The number of hydrogen-bond acceptors (Lipinski definition) is 4. The lowest BCUT2D eigenvalue weighted by Gasteiger charge is -2.18. The Hall–Kier alpha value is -1.06. The van der Waals surface area contributed by atoms with Crippen molar-refractivity contribution in [1.29, 1.82) is 0 Å². The molecule has 0 saturated carbocycles. The summed E-state index contributed by atoms with van der Waals surface area (Å²) in [5.74, 6) is 1.74. The van der Waals surface area contributed by atoms with Crippen LogP contribution in [-0.2, 0) is 4.74 Å². The highest BCUT2D eigenvalue weighted by Crippen LogP contribution is 2.17. The van der Waals surface area contributed by atoms with E-state index in [1.54, 1.807) is 7.11 Å². The lowest BCUT2D eigenvalue weighted by molar-refractivity contribution is 0.162. The Bertz CT molecular complexity index is 514. The molecule has 0 saturated heterocycles. The topological polar surface area (TPSA) is 58.1 Å². The van der Waals surface area contributed by atoms with Gasteiger partial charge in [0.25, 0.3) is 0 Å². The molecule has 1 aromatic carbocycles. The predicted molar refractivity (Wildman–Crippen MR) is 120 cm³/mol. The van der Waals surface area contributed by atoms with Gasteiger partial charge in [-0.1, -0.05) is 18.2 Å². The lowest BCUT2D eigenvalue weighted by atomic mass is 10.2. The number of methoxy groups -OCH3 is 1. The fourth-order valence-corrected chi connectivity index (χ4v) is 2.23. The van der Waals surface area contributed by atoms with Gasteiger partial charge in [0, 0.05) is 33.3 Å². The zero-order valence-electron chi connectivity index (χ0n) is 16.7. The molecule has 1 aromatic rings. The van der Waals surface area contributed by atoms with Crippen LogP contribution >= 0.6 is 24.0 Å². The molecule has 1 rings (SSSR count). The number of aryl methyl sites for hydroxylation is 1. The molecule has 0 bridgehead atoms. The SMILES string of the molecule is CCNC(=NCC(C)Oc1ccccc1C)NCCN(C)CCOC.I. The van der Waals surface area contributed by atoms with Crippen LogP contribution in [0.5, 0.6) is 5.75 Å². The first-order valence-electron chi connectivity index (χ1n) is 8.98. The first-order chi connectivity index (χ1) is 12.1. The zero-order valence-corrected chi connectivity index (χ0v) is 19.1. The van der Waals surface area contributed by atoms with Gasteiger partial charge in [0.15, 0.2) is 5.96 Å². The van der Waals surface area contributed by atoms with Crippen molar-refractivity contribution in [1.82, 2.24) is 15.5 Å². The number of halogens is 1. The van der Waals surface area contributed by atoms with E-state index in [1.807, 2.05) is 25.1 Å². The van der Waals surface area contributed by atoms with E-state index in [2.05, 4.69) is 47.5 Å². The maximum atomic E-state index is 5.98. The van der Waals surface area contributed by atoms with Crippen LogP contribution < -0.4 is 15.4 Å². The Morgan fingerprint density at radius 2 is 1.96 bits per heavy atom. The molecule has 0 amide bonds. The van der Waals surface area contributed by atoms with Gasteiger partial charge in [-0.15, -0.1) is 24.0 Å². The monoisotopic (exact) mass is 478 g/mol. The summed E-state index contributed by atoms with van der Waals surface area (Å²) < 4.78 is 11.1. The van der Waals surface area contributed by atoms with Gasteiger partial charge >= 0.3 is 0 Å². The van der Waals surface area contributed by atoms with Gasteiger partial charge in [-0.05, 0) is 39.4 Å². The van der Waals surface area contributed by atoms with Gasteiger partial charge < -0.3 is 25.0 Å². The second-order valence-electron chi connectivity index (χ2n) is 6.14. The van der Waals surface area contributed by atoms with Crippen molar-refractivity contribution in [2.24, 2.45) is 4.99 Å². The van der Waals surface area contributed by atoms with Crippen molar-refractivity contribution in [2.45, 2.75) is 26.9 Å². The third kappa shape index (κ3) is 10.8. The Labute approximate surface area is 175 Å². The van der Waals surface area contributed by atoms with Crippen LogP contribution in [-0.4, -0.2) is 70.5 Å². The molecular formula is C19H35IN4O2. The number of ether oxygens (including phenoxy) is 2. The molecule has 0 aliphatic carbocycles. The molecule has 26 heavy (non-hydrogen) atoms. The minimum absolute atomic E-state index is 0. The minimum atomic E-state index is 0. The Kier molecular flexibility index (Phi) is 14.4. The number of guanidine groups is 1. The van der Waals surface area contributed by atoms with Crippen LogP contribution in [0.25, 0.3) is 0 Å². The van der Waals surface area contributed by atoms with Crippen LogP contribution in [0.1, 0.15) is 19.4 Å². The molecule has 0 spiro atoms. The standard InChI is InChI=1S/C19H34N4O2.HI/c1-6-20-19(21-11-12-23(4)13-14-24-5)22-15-17(3)25-18-10-8-7-9-16(18)2;/h7-10,17H,6,11-15H2,1-5H3,(H2,20,21,22);1H. The minimum Gasteiger partial charge on any atom is -0.489 e. The Balaban J connectivity index is 0.00000625. The molecule has 0 fully saturated rings. The van der Waals surface area contributed by atoms with Gasteiger partial charge in [-0.2, -0.15) is 0 Å².